The Morgan fingerprint density at radius 1 is 1.08 bits per heavy atom. The van der Waals surface area contributed by atoms with Crippen LogP contribution in [0.1, 0.15) is 39.9 Å². The largest absolute Gasteiger partial charge is 0.455 e. The van der Waals surface area contributed by atoms with E-state index in [1.807, 2.05) is 6.20 Å². The lowest BCUT2D eigenvalue weighted by Crippen LogP contribution is -2.33. The fraction of sp³-hybridized carbons (Fsp3) is 0.368. The van der Waals surface area contributed by atoms with Crippen molar-refractivity contribution in [3.05, 3.63) is 52.2 Å². The van der Waals surface area contributed by atoms with Crippen LogP contribution in [-0.2, 0) is 19.9 Å². The average molecular weight is 370 g/mol. The van der Waals surface area contributed by atoms with E-state index in [1.54, 1.807) is 17.7 Å². The molecule has 1 aliphatic carbocycles. The molecule has 1 aromatic carbocycles. The lowest BCUT2D eigenvalue weighted by Gasteiger charge is -2.17. The minimum atomic E-state index is -5.35. The molecule has 3 rings (SSSR count). The van der Waals surface area contributed by atoms with Crippen molar-refractivity contribution in [1.29, 1.82) is 0 Å². The fourth-order valence-corrected chi connectivity index (χ4v) is 3.48. The highest BCUT2D eigenvalue weighted by atomic mass is 19.4. The van der Waals surface area contributed by atoms with E-state index in [4.69, 9.17) is 0 Å². The van der Waals surface area contributed by atoms with Gasteiger partial charge in [0.1, 0.15) is 12.9 Å². The van der Waals surface area contributed by atoms with Crippen LogP contribution in [0.5, 0.6) is 0 Å². The van der Waals surface area contributed by atoms with E-state index in [0.717, 1.165) is 42.9 Å². The van der Waals surface area contributed by atoms with E-state index in [2.05, 4.69) is 0 Å². The summed E-state index contributed by atoms with van der Waals surface area (Å²) in [5.41, 5.74) is 0.804. The lowest BCUT2D eigenvalue weighted by molar-refractivity contribution is -0.661. The van der Waals surface area contributed by atoms with E-state index in [9.17, 15) is 26.7 Å². The third-order valence-electron chi connectivity index (χ3n) is 4.75. The number of carbonyl (C=O) groups excluding carboxylic acids is 1. The van der Waals surface area contributed by atoms with Crippen LogP contribution in [0.2, 0.25) is 0 Å². The fourth-order valence-electron chi connectivity index (χ4n) is 3.48. The van der Waals surface area contributed by atoms with Crippen LogP contribution in [0.4, 0.5) is 22.0 Å². The highest BCUT2D eigenvalue weighted by Gasteiger charge is 2.43. The van der Waals surface area contributed by atoms with Crippen molar-refractivity contribution in [3.63, 3.8) is 0 Å². The molecule has 138 valence electrons. The Labute approximate surface area is 147 Å². The van der Waals surface area contributed by atoms with Gasteiger partial charge in [0.05, 0.1) is 11.1 Å². The molecule has 0 amide bonds. The topological polar surface area (TPSA) is 20.9 Å². The molecule has 0 unspecified atom stereocenters. The summed E-state index contributed by atoms with van der Waals surface area (Å²) in [5, 5.41) is 0. The molecule has 0 radical (unpaired) electrons. The second-order valence-corrected chi connectivity index (χ2v) is 6.59. The molecule has 1 aliphatic rings. The summed E-state index contributed by atoms with van der Waals surface area (Å²) in [5.74, 6) is -5.50. The van der Waals surface area contributed by atoms with Gasteiger partial charge < -0.3 is 0 Å². The number of ketones is 1. The summed E-state index contributed by atoms with van der Waals surface area (Å²) in [6.07, 6.45) is 0.151. The number of hydrogen-bond acceptors (Lipinski definition) is 1. The monoisotopic (exact) mass is 370 g/mol. The Kier molecular flexibility index (Phi) is 4.58. The molecule has 0 fully saturated rings. The number of halogens is 5. The predicted molar refractivity (Wildman–Crippen MR) is 84.7 cm³/mol. The van der Waals surface area contributed by atoms with Crippen LogP contribution in [0.3, 0.4) is 0 Å². The first kappa shape index (κ1) is 18.5. The molecule has 0 bridgehead atoms. The molecular formula is C19H17F5NO+. The van der Waals surface area contributed by atoms with Gasteiger partial charge in [0.25, 0.3) is 5.78 Å². The molecule has 0 N–H and O–H groups in total. The average Bonchev–Trinajstić information content (AvgIpc) is 2.53. The number of fused-ring (bicyclic) bond motifs is 1. The first-order valence-corrected chi connectivity index (χ1v) is 8.23. The second kappa shape index (κ2) is 6.45. The van der Waals surface area contributed by atoms with E-state index in [1.165, 1.54) is 6.92 Å². The maximum Gasteiger partial charge on any atom is 0.455 e. The molecule has 0 spiro atoms. The van der Waals surface area contributed by atoms with Gasteiger partial charge in [-0.25, -0.2) is 13.3 Å². The molecule has 0 atom stereocenters. The van der Waals surface area contributed by atoms with Crippen molar-refractivity contribution in [2.45, 2.75) is 38.8 Å². The molecule has 1 heterocycles. The predicted octanol–water partition coefficient (Wildman–Crippen LogP) is 4.39. The summed E-state index contributed by atoms with van der Waals surface area (Å²) in [6, 6.07) is 2.50. The summed E-state index contributed by atoms with van der Waals surface area (Å²) < 4.78 is 68.7. The zero-order valence-electron chi connectivity index (χ0n) is 14.3. The number of alkyl halides is 3. The number of aromatic nitrogens is 1. The summed E-state index contributed by atoms with van der Waals surface area (Å²) >= 11 is 0. The zero-order valence-corrected chi connectivity index (χ0v) is 14.3. The Morgan fingerprint density at radius 3 is 2.31 bits per heavy atom. The molecular weight excluding hydrogens is 353 g/mol. The van der Waals surface area contributed by atoms with Gasteiger partial charge in [0.15, 0.2) is 12.0 Å². The van der Waals surface area contributed by atoms with Crippen molar-refractivity contribution >= 4 is 5.78 Å². The number of aryl methyl sites for hydroxylation is 4. The smallest absolute Gasteiger partial charge is 0.284 e. The lowest BCUT2D eigenvalue weighted by atomic mass is 9.90. The molecule has 0 aliphatic heterocycles. The minimum Gasteiger partial charge on any atom is -0.284 e. The van der Waals surface area contributed by atoms with Crippen molar-refractivity contribution < 1.29 is 31.3 Å². The SMILES string of the molecule is Cc1cc(F)c(C(=O)C(F)(F)F)c(F)c1-c1cc2c(c[n+]1C)CCCC2. The second-order valence-electron chi connectivity index (χ2n) is 6.59. The summed E-state index contributed by atoms with van der Waals surface area (Å²) in [4.78, 5) is 11.5. The van der Waals surface area contributed by atoms with Crippen molar-refractivity contribution in [2.24, 2.45) is 7.05 Å². The Morgan fingerprint density at radius 2 is 1.69 bits per heavy atom. The number of hydrogen-bond donors (Lipinski definition) is 0. The maximum atomic E-state index is 14.9. The molecule has 2 nitrogen and oxygen atoms in total. The van der Waals surface area contributed by atoms with Gasteiger partial charge in [-0.1, -0.05) is 0 Å². The number of nitrogens with zero attached hydrogens (tertiary/aromatic N) is 1. The number of carbonyl (C=O) groups is 1. The normalized spacial score (nSPS) is 14.3. The Hall–Kier alpha value is -2.31. The quantitative estimate of drug-likeness (QED) is 0.436. The van der Waals surface area contributed by atoms with E-state index in [0.29, 0.717) is 5.69 Å². The van der Waals surface area contributed by atoms with Crippen molar-refractivity contribution in [3.8, 4) is 11.3 Å². The Balaban J connectivity index is 2.25. The molecule has 26 heavy (non-hydrogen) atoms. The van der Waals surface area contributed by atoms with Crippen LogP contribution in [0.25, 0.3) is 11.3 Å². The standard InChI is InChI=1S/C19H17F5NO/c1-10-7-13(20)16(18(26)19(22,23)24)17(21)15(10)14-8-11-5-3-4-6-12(11)9-25(14)2/h7-9H,3-6H2,1-2H3/q+1. The van der Waals surface area contributed by atoms with E-state index < -0.39 is 29.2 Å². The van der Waals surface area contributed by atoms with Crippen LogP contribution in [0.15, 0.2) is 18.3 Å². The Bertz CT molecular complexity index is 902. The van der Waals surface area contributed by atoms with Gasteiger partial charge in [-0.2, -0.15) is 13.2 Å². The van der Waals surface area contributed by atoms with Gasteiger partial charge in [-0.15, -0.1) is 0 Å². The van der Waals surface area contributed by atoms with E-state index in [-0.39, 0.29) is 11.1 Å². The van der Waals surface area contributed by atoms with Crippen LogP contribution in [0, 0.1) is 18.6 Å². The number of benzene rings is 1. The molecule has 1 aromatic heterocycles. The third kappa shape index (κ3) is 3.10. The molecule has 2 aromatic rings. The van der Waals surface area contributed by atoms with Gasteiger partial charge in [-0.3, -0.25) is 4.79 Å². The number of pyridine rings is 1. The van der Waals surface area contributed by atoms with Crippen molar-refractivity contribution in [1.82, 2.24) is 0 Å². The number of Topliss-reactive ketones (excluding diaryl/α,β-unsaturated/α-hetero) is 1. The van der Waals surface area contributed by atoms with Gasteiger partial charge in [0, 0.05) is 11.6 Å². The molecule has 0 saturated heterocycles. The summed E-state index contributed by atoms with van der Waals surface area (Å²) in [7, 11) is 1.65. The highest BCUT2D eigenvalue weighted by molar-refractivity contribution is 6.01. The third-order valence-corrected chi connectivity index (χ3v) is 4.75. The minimum absolute atomic E-state index is 0.130. The zero-order chi connectivity index (χ0) is 19.2. The summed E-state index contributed by atoms with van der Waals surface area (Å²) in [6.45, 7) is 1.41. The van der Waals surface area contributed by atoms with Crippen LogP contribution < -0.4 is 4.57 Å². The van der Waals surface area contributed by atoms with Crippen LogP contribution >= 0.6 is 0 Å². The first-order valence-electron chi connectivity index (χ1n) is 8.23. The number of rotatable bonds is 2. The van der Waals surface area contributed by atoms with Gasteiger partial charge in [0.2, 0.25) is 5.69 Å². The van der Waals surface area contributed by atoms with E-state index >= 15 is 0 Å². The molecule has 7 heteroatoms. The maximum absolute atomic E-state index is 14.9. The highest BCUT2D eigenvalue weighted by Crippen LogP contribution is 2.33. The van der Waals surface area contributed by atoms with Crippen molar-refractivity contribution in [2.75, 3.05) is 0 Å². The molecule has 0 saturated carbocycles. The van der Waals surface area contributed by atoms with Gasteiger partial charge in [-0.05, 0) is 49.8 Å². The van der Waals surface area contributed by atoms with Crippen LogP contribution in [-0.4, -0.2) is 12.0 Å². The van der Waals surface area contributed by atoms with Gasteiger partial charge >= 0.3 is 6.18 Å². The first-order chi connectivity index (χ1) is 12.1.